The maximum absolute atomic E-state index is 13.8. The fourth-order valence-corrected chi connectivity index (χ4v) is 5.59. The lowest BCUT2D eigenvalue weighted by Gasteiger charge is -2.36. The molecule has 1 saturated heterocycles. The third-order valence-electron chi connectivity index (χ3n) is 5.37. The second kappa shape index (κ2) is 8.84. The standard InChI is InChI=1S/C23H24FN3O4S/c1-16-13-26(14-17(2)31-16)23(28)15-27(20-8-6-19(24)7-9-20)32(29,30)22-5-3-4-18-12-25-11-10-21(18)22/h3-12,16-17H,13-15H2,1-2H3. The van der Waals surface area contributed by atoms with Crippen molar-refractivity contribution in [1.29, 1.82) is 0 Å². The Hall–Kier alpha value is -3.04. The molecule has 0 N–H and O–H groups in total. The zero-order valence-electron chi connectivity index (χ0n) is 17.8. The number of hydrogen-bond acceptors (Lipinski definition) is 5. The number of aromatic nitrogens is 1. The molecule has 0 saturated carbocycles. The van der Waals surface area contributed by atoms with Crippen LogP contribution in [0.1, 0.15) is 13.8 Å². The van der Waals surface area contributed by atoms with Crippen molar-refractivity contribution in [2.24, 2.45) is 0 Å². The van der Waals surface area contributed by atoms with Crippen molar-refractivity contribution in [3.63, 3.8) is 0 Å². The number of nitrogens with zero attached hydrogens (tertiary/aromatic N) is 3. The lowest BCUT2D eigenvalue weighted by molar-refractivity contribution is -0.141. The lowest BCUT2D eigenvalue weighted by atomic mass is 10.2. The number of anilines is 1. The van der Waals surface area contributed by atoms with Gasteiger partial charge in [-0.2, -0.15) is 0 Å². The minimum absolute atomic E-state index is 0.0539. The lowest BCUT2D eigenvalue weighted by Crippen LogP contribution is -2.51. The van der Waals surface area contributed by atoms with Crippen molar-refractivity contribution in [3.8, 4) is 0 Å². The summed E-state index contributed by atoms with van der Waals surface area (Å²) in [6, 6.07) is 11.6. The number of sulfonamides is 1. The van der Waals surface area contributed by atoms with Crippen LogP contribution in [0, 0.1) is 5.82 Å². The number of carbonyl (C=O) groups is 1. The van der Waals surface area contributed by atoms with Crippen LogP contribution in [-0.4, -0.2) is 56.1 Å². The molecule has 2 aromatic carbocycles. The summed E-state index contributed by atoms with van der Waals surface area (Å²) < 4.78 is 47.9. The number of fused-ring (bicyclic) bond motifs is 1. The first-order chi connectivity index (χ1) is 15.3. The van der Waals surface area contributed by atoms with Gasteiger partial charge in [0, 0.05) is 36.3 Å². The molecule has 1 amide bonds. The highest BCUT2D eigenvalue weighted by molar-refractivity contribution is 7.93. The molecule has 1 aliphatic rings. The SMILES string of the molecule is CC1CN(C(=O)CN(c2ccc(F)cc2)S(=O)(=O)c2cccc3cnccc23)CC(C)O1. The molecule has 0 bridgehead atoms. The molecule has 0 spiro atoms. The molecule has 3 aromatic rings. The molecule has 2 unspecified atom stereocenters. The summed E-state index contributed by atoms with van der Waals surface area (Å²) in [5.41, 5.74) is 0.208. The Bertz CT molecular complexity index is 1220. The highest BCUT2D eigenvalue weighted by Crippen LogP contribution is 2.29. The van der Waals surface area contributed by atoms with Gasteiger partial charge in [-0.05, 0) is 50.2 Å². The third kappa shape index (κ3) is 4.44. The molecule has 0 aliphatic carbocycles. The number of halogens is 1. The molecule has 1 fully saturated rings. The molecule has 7 nitrogen and oxygen atoms in total. The predicted octanol–water partition coefficient (Wildman–Crippen LogP) is 3.21. The van der Waals surface area contributed by atoms with Crippen LogP contribution in [0.5, 0.6) is 0 Å². The van der Waals surface area contributed by atoms with Gasteiger partial charge in [0.15, 0.2) is 0 Å². The van der Waals surface area contributed by atoms with Gasteiger partial charge in [0.1, 0.15) is 12.4 Å². The molecule has 2 atom stereocenters. The molecular formula is C23H24FN3O4S. The minimum atomic E-state index is -4.15. The van der Waals surface area contributed by atoms with Gasteiger partial charge in [-0.15, -0.1) is 0 Å². The van der Waals surface area contributed by atoms with Crippen LogP contribution in [0.3, 0.4) is 0 Å². The van der Waals surface area contributed by atoms with Gasteiger partial charge in [-0.3, -0.25) is 14.1 Å². The van der Waals surface area contributed by atoms with E-state index in [1.54, 1.807) is 29.3 Å². The van der Waals surface area contributed by atoms with Crippen molar-refractivity contribution in [2.75, 3.05) is 23.9 Å². The number of benzene rings is 2. The average Bonchev–Trinajstić information content (AvgIpc) is 2.77. The summed E-state index contributed by atoms with van der Waals surface area (Å²) in [5, 5.41) is 1.16. The van der Waals surface area contributed by atoms with Gasteiger partial charge in [-0.25, -0.2) is 12.8 Å². The molecule has 9 heteroatoms. The Balaban J connectivity index is 1.75. The minimum Gasteiger partial charge on any atom is -0.372 e. The summed E-state index contributed by atoms with van der Waals surface area (Å²) in [4.78, 5) is 18.9. The van der Waals surface area contributed by atoms with E-state index in [2.05, 4.69) is 4.98 Å². The second-order valence-electron chi connectivity index (χ2n) is 7.90. The van der Waals surface area contributed by atoms with Crippen molar-refractivity contribution in [1.82, 2.24) is 9.88 Å². The maximum Gasteiger partial charge on any atom is 0.265 e. The highest BCUT2D eigenvalue weighted by Gasteiger charge is 2.32. The van der Waals surface area contributed by atoms with Gasteiger partial charge in [-0.1, -0.05) is 12.1 Å². The van der Waals surface area contributed by atoms with E-state index in [-0.39, 0.29) is 28.7 Å². The summed E-state index contributed by atoms with van der Waals surface area (Å²) in [7, 11) is -4.15. The van der Waals surface area contributed by atoms with E-state index >= 15 is 0 Å². The van der Waals surface area contributed by atoms with E-state index in [1.165, 1.54) is 36.5 Å². The van der Waals surface area contributed by atoms with Crippen LogP contribution in [0.15, 0.2) is 65.8 Å². The Morgan fingerprint density at radius 2 is 1.81 bits per heavy atom. The Morgan fingerprint density at radius 1 is 1.12 bits per heavy atom. The monoisotopic (exact) mass is 457 g/mol. The zero-order chi connectivity index (χ0) is 22.9. The zero-order valence-corrected chi connectivity index (χ0v) is 18.6. The van der Waals surface area contributed by atoms with Crippen molar-refractivity contribution in [2.45, 2.75) is 31.0 Å². The number of hydrogen-bond donors (Lipinski definition) is 0. The van der Waals surface area contributed by atoms with E-state index in [0.29, 0.717) is 23.9 Å². The smallest absolute Gasteiger partial charge is 0.265 e. The van der Waals surface area contributed by atoms with Crippen LogP contribution in [0.4, 0.5) is 10.1 Å². The number of ether oxygens (including phenoxy) is 1. The fraction of sp³-hybridized carbons (Fsp3) is 0.304. The average molecular weight is 458 g/mol. The summed E-state index contributed by atoms with van der Waals surface area (Å²) >= 11 is 0. The summed E-state index contributed by atoms with van der Waals surface area (Å²) in [6.45, 7) is 4.08. The first-order valence-corrected chi connectivity index (χ1v) is 11.7. The largest absolute Gasteiger partial charge is 0.372 e. The fourth-order valence-electron chi connectivity index (χ4n) is 3.96. The Morgan fingerprint density at radius 3 is 2.50 bits per heavy atom. The molecule has 168 valence electrons. The van der Waals surface area contributed by atoms with Gasteiger partial charge >= 0.3 is 0 Å². The van der Waals surface area contributed by atoms with Crippen LogP contribution < -0.4 is 4.31 Å². The number of morpholine rings is 1. The maximum atomic E-state index is 13.8. The van der Waals surface area contributed by atoms with E-state index < -0.39 is 22.4 Å². The number of rotatable bonds is 5. The molecule has 32 heavy (non-hydrogen) atoms. The normalized spacial score (nSPS) is 19.2. The van der Waals surface area contributed by atoms with Gasteiger partial charge in [0.2, 0.25) is 5.91 Å². The predicted molar refractivity (Wildman–Crippen MR) is 119 cm³/mol. The van der Waals surface area contributed by atoms with Crippen molar-refractivity contribution in [3.05, 3.63) is 66.7 Å². The van der Waals surface area contributed by atoms with Crippen molar-refractivity contribution >= 4 is 32.4 Å². The van der Waals surface area contributed by atoms with Crippen molar-refractivity contribution < 1.29 is 22.3 Å². The molecule has 4 rings (SSSR count). The molecule has 1 aliphatic heterocycles. The van der Waals surface area contributed by atoms with Gasteiger partial charge in [0.05, 0.1) is 22.8 Å². The van der Waals surface area contributed by atoms with E-state index in [0.717, 1.165) is 4.31 Å². The number of carbonyl (C=O) groups excluding carboxylic acids is 1. The van der Waals surface area contributed by atoms with Crippen LogP contribution >= 0.6 is 0 Å². The highest BCUT2D eigenvalue weighted by atomic mass is 32.2. The first-order valence-electron chi connectivity index (χ1n) is 10.3. The van der Waals surface area contributed by atoms with E-state index in [4.69, 9.17) is 4.74 Å². The molecule has 1 aromatic heterocycles. The quantitative estimate of drug-likeness (QED) is 0.588. The van der Waals surface area contributed by atoms with E-state index in [1.807, 2.05) is 13.8 Å². The van der Waals surface area contributed by atoms with Crippen LogP contribution in [-0.2, 0) is 19.6 Å². The first kappa shape index (κ1) is 22.2. The topological polar surface area (TPSA) is 79.8 Å². The summed E-state index contributed by atoms with van der Waals surface area (Å²) in [6.07, 6.45) is 2.80. The van der Waals surface area contributed by atoms with Gasteiger partial charge < -0.3 is 9.64 Å². The number of amides is 1. The Labute approximate surface area is 186 Å². The third-order valence-corrected chi connectivity index (χ3v) is 7.21. The Kier molecular flexibility index (Phi) is 6.12. The van der Waals surface area contributed by atoms with Gasteiger partial charge in [0.25, 0.3) is 10.0 Å². The molecule has 2 heterocycles. The second-order valence-corrected chi connectivity index (χ2v) is 9.73. The summed E-state index contributed by atoms with van der Waals surface area (Å²) in [5.74, 6) is -0.841. The molecular weight excluding hydrogens is 433 g/mol. The molecule has 0 radical (unpaired) electrons. The number of pyridine rings is 1. The van der Waals surface area contributed by atoms with Crippen LogP contribution in [0.2, 0.25) is 0 Å². The van der Waals surface area contributed by atoms with E-state index in [9.17, 15) is 17.6 Å². The van der Waals surface area contributed by atoms with Crippen LogP contribution in [0.25, 0.3) is 10.8 Å².